The second-order valence-electron chi connectivity index (χ2n) is 3.54. The van der Waals surface area contributed by atoms with E-state index in [2.05, 4.69) is 9.72 Å². The summed E-state index contributed by atoms with van der Waals surface area (Å²) in [4.78, 5) is 14.2. The second-order valence-corrected chi connectivity index (χ2v) is 3.54. The number of aromatic nitrogens is 1. The van der Waals surface area contributed by atoms with Crippen molar-refractivity contribution in [2.45, 2.75) is 26.3 Å². The third kappa shape index (κ3) is 3.88. The van der Waals surface area contributed by atoms with Crippen molar-refractivity contribution in [3.8, 4) is 5.88 Å². The molecule has 18 heavy (non-hydrogen) atoms. The van der Waals surface area contributed by atoms with Gasteiger partial charge in [-0.1, -0.05) is 0 Å². The van der Waals surface area contributed by atoms with Crippen molar-refractivity contribution in [3.63, 3.8) is 0 Å². The van der Waals surface area contributed by atoms with Crippen LogP contribution in [0.4, 0.5) is 13.2 Å². The number of hydrogen-bond acceptors (Lipinski definition) is 4. The van der Waals surface area contributed by atoms with Crippen LogP contribution in [0.25, 0.3) is 0 Å². The molecule has 0 aliphatic rings. The standard InChI is InChI=1S/C10H11F3N2O3/c1-5-2-6(4-14)15-9(18-10(11,12)13)7(5)3-8(16)17/h2H,3-4,14H2,1H3,(H,16,17). The van der Waals surface area contributed by atoms with Crippen LogP contribution >= 0.6 is 0 Å². The number of ether oxygens (including phenoxy) is 1. The summed E-state index contributed by atoms with van der Waals surface area (Å²) in [6.07, 6.45) is -5.53. The van der Waals surface area contributed by atoms with Crippen LogP contribution in [0.5, 0.6) is 5.88 Å². The maximum absolute atomic E-state index is 12.2. The zero-order chi connectivity index (χ0) is 13.9. The number of alkyl halides is 3. The normalized spacial score (nSPS) is 11.4. The van der Waals surface area contributed by atoms with Crippen molar-refractivity contribution < 1.29 is 27.8 Å². The molecular formula is C10H11F3N2O3. The molecule has 3 N–H and O–H groups in total. The van der Waals surface area contributed by atoms with E-state index in [1.54, 1.807) is 0 Å². The summed E-state index contributed by atoms with van der Waals surface area (Å²) in [7, 11) is 0. The van der Waals surface area contributed by atoms with Crippen LogP contribution in [0.2, 0.25) is 0 Å². The fourth-order valence-corrected chi connectivity index (χ4v) is 1.40. The Balaban J connectivity index is 3.24. The molecule has 0 bridgehead atoms. The van der Waals surface area contributed by atoms with Crippen LogP contribution in [0.3, 0.4) is 0 Å². The molecule has 8 heteroatoms. The highest BCUT2D eigenvalue weighted by Crippen LogP contribution is 2.27. The fourth-order valence-electron chi connectivity index (χ4n) is 1.40. The lowest BCUT2D eigenvalue weighted by atomic mass is 10.1. The molecule has 1 rings (SSSR count). The van der Waals surface area contributed by atoms with Gasteiger partial charge >= 0.3 is 12.3 Å². The molecule has 0 aromatic carbocycles. The van der Waals surface area contributed by atoms with Gasteiger partial charge in [-0.25, -0.2) is 4.98 Å². The van der Waals surface area contributed by atoms with E-state index in [4.69, 9.17) is 10.8 Å². The van der Waals surface area contributed by atoms with E-state index in [-0.39, 0.29) is 17.8 Å². The van der Waals surface area contributed by atoms with E-state index < -0.39 is 24.6 Å². The van der Waals surface area contributed by atoms with Crippen LogP contribution in [0, 0.1) is 6.92 Å². The van der Waals surface area contributed by atoms with Crippen LogP contribution in [0.1, 0.15) is 16.8 Å². The molecule has 0 fully saturated rings. The van der Waals surface area contributed by atoms with E-state index >= 15 is 0 Å². The summed E-state index contributed by atoms with van der Waals surface area (Å²) in [5, 5.41) is 8.65. The monoisotopic (exact) mass is 264 g/mol. The fraction of sp³-hybridized carbons (Fsp3) is 0.400. The number of aryl methyl sites for hydroxylation is 1. The number of rotatable bonds is 4. The van der Waals surface area contributed by atoms with Crippen LogP contribution in [0.15, 0.2) is 6.07 Å². The lowest BCUT2D eigenvalue weighted by Crippen LogP contribution is -2.21. The number of nitrogens with two attached hydrogens (primary N) is 1. The lowest BCUT2D eigenvalue weighted by molar-refractivity contribution is -0.276. The van der Waals surface area contributed by atoms with Gasteiger partial charge in [0, 0.05) is 12.1 Å². The summed E-state index contributed by atoms with van der Waals surface area (Å²) in [5.41, 5.74) is 5.71. The van der Waals surface area contributed by atoms with Gasteiger partial charge in [0.15, 0.2) is 0 Å². The average Bonchev–Trinajstić information content (AvgIpc) is 2.20. The molecule has 100 valence electrons. The summed E-state index contributed by atoms with van der Waals surface area (Å²) in [5.74, 6) is -2.03. The van der Waals surface area contributed by atoms with Crippen molar-refractivity contribution in [3.05, 3.63) is 22.9 Å². The van der Waals surface area contributed by atoms with Gasteiger partial charge in [0.25, 0.3) is 0 Å². The smallest absolute Gasteiger partial charge is 0.481 e. The van der Waals surface area contributed by atoms with E-state index in [0.29, 0.717) is 5.56 Å². The quantitative estimate of drug-likeness (QED) is 0.857. The van der Waals surface area contributed by atoms with Crippen LogP contribution in [-0.2, 0) is 17.8 Å². The van der Waals surface area contributed by atoms with Gasteiger partial charge in [-0.3, -0.25) is 4.79 Å². The molecule has 0 spiro atoms. The molecule has 0 saturated heterocycles. The molecule has 0 saturated carbocycles. The Kier molecular flexibility index (Phi) is 4.12. The number of nitrogens with zero attached hydrogens (tertiary/aromatic N) is 1. The van der Waals surface area contributed by atoms with Gasteiger partial charge in [-0.05, 0) is 18.6 Å². The highest BCUT2D eigenvalue weighted by atomic mass is 19.4. The predicted molar refractivity (Wildman–Crippen MR) is 54.9 cm³/mol. The first-order valence-corrected chi connectivity index (χ1v) is 4.90. The second kappa shape index (κ2) is 5.21. The van der Waals surface area contributed by atoms with Crippen LogP contribution < -0.4 is 10.5 Å². The molecule has 0 atom stereocenters. The molecule has 0 aliphatic heterocycles. The lowest BCUT2D eigenvalue weighted by Gasteiger charge is -2.14. The van der Waals surface area contributed by atoms with E-state index in [9.17, 15) is 18.0 Å². The minimum absolute atomic E-state index is 0.0671. The minimum Gasteiger partial charge on any atom is -0.481 e. The first kappa shape index (κ1) is 14.2. The number of carboxylic acids is 1. The number of pyridine rings is 1. The SMILES string of the molecule is Cc1cc(CN)nc(OC(F)(F)F)c1CC(=O)O. The van der Waals surface area contributed by atoms with Crippen molar-refractivity contribution in [1.82, 2.24) is 4.98 Å². The molecular weight excluding hydrogens is 253 g/mol. The Morgan fingerprint density at radius 2 is 2.17 bits per heavy atom. The average molecular weight is 264 g/mol. The maximum atomic E-state index is 12.2. The van der Waals surface area contributed by atoms with Gasteiger partial charge < -0.3 is 15.6 Å². The first-order valence-electron chi connectivity index (χ1n) is 4.90. The number of hydrogen-bond donors (Lipinski definition) is 2. The predicted octanol–water partition coefficient (Wildman–Crippen LogP) is 1.37. The zero-order valence-corrected chi connectivity index (χ0v) is 9.41. The maximum Gasteiger partial charge on any atom is 0.574 e. The molecule has 1 heterocycles. The number of aliphatic carboxylic acids is 1. The van der Waals surface area contributed by atoms with Crippen molar-refractivity contribution >= 4 is 5.97 Å². The molecule has 0 amide bonds. The summed E-state index contributed by atoms with van der Waals surface area (Å²) < 4.78 is 40.3. The Bertz CT molecular complexity index is 460. The minimum atomic E-state index is -4.93. The number of carbonyl (C=O) groups is 1. The van der Waals surface area contributed by atoms with E-state index in [1.807, 2.05) is 0 Å². The third-order valence-electron chi connectivity index (χ3n) is 2.11. The highest BCUT2D eigenvalue weighted by Gasteiger charge is 2.33. The van der Waals surface area contributed by atoms with Gasteiger partial charge in [0.2, 0.25) is 5.88 Å². The summed E-state index contributed by atoms with van der Waals surface area (Å²) in [6.45, 7) is 1.41. The zero-order valence-electron chi connectivity index (χ0n) is 9.41. The van der Waals surface area contributed by atoms with Crippen molar-refractivity contribution in [1.29, 1.82) is 0 Å². The molecule has 0 unspecified atom stereocenters. The highest BCUT2D eigenvalue weighted by molar-refractivity contribution is 5.71. The molecule has 5 nitrogen and oxygen atoms in total. The Labute approximate surface area is 100 Å². The number of halogens is 3. The molecule has 0 aliphatic carbocycles. The Morgan fingerprint density at radius 1 is 1.56 bits per heavy atom. The summed E-state index contributed by atoms with van der Waals surface area (Å²) >= 11 is 0. The molecule has 0 radical (unpaired) electrons. The summed E-state index contributed by atoms with van der Waals surface area (Å²) in [6, 6.07) is 1.43. The molecule has 1 aromatic heterocycles. The van der Waals surface area contributed by atoms with Gasteiger partial charge in [-0.2, -0.15) is 0 Å². The largest absolute Gasteiger partial charge is 0.574 e. The number of carboxylic acid groups (broad SMARTS) is 1. The third-order valence-corrected chi connectivity index (χ3v) is 2.11. The Hall–Kier alpha value is -1.83. The van der Waals surface area contributed by atoms with Gasteiger partial charge in [-0.15, -0.1) is 13.2 Å². The van der Waals surface area contributed by atoms with Crippen LogP contribution in [-0.4, -0.2) is 22.4 Å². The van der Waals surface area contributed by atoms with E-state index in [0.717, 1.165) is 0 Å². The topological polar surface area (TPSA) is 85.4 Å². The molecule has 1 aromatic rings. The van der Waals surface area contributed by atoms with Crippen molar-refractivity contribution in [2.24, 2.45) is 5.73 Å². The Morgan fingerprint density at radius 3 is 2.61 bits per heavy atom. The first-order chi connectivity index (χ1) is 8.23. The van der Waals surface area contributed by atoms with Gasteiger partial charge in [0.1, 0.15) is 0 Å². The van der Waals surface area contributed by atoms with Crippen molar-refractivity contribution in [2.75, 3.05) is 0 Å². The van der Waals surface area contributed by atoms with E-state index in [1.165, 1.54) is 13.0 Å². The van der Waals surface area contributed by atoms with Gasteiger partial charge in [0.05, 0.1) is 12.1 Å².